The van der Waals surface area contributed by atoms with Crippen molar-refractivity contribution in [1.29, 1.82) is 0 Å². The van der Waals surface area contributed by atoms with Gasteiger partial charge in [0, 0.05) is 23.8 Å². The molecule has 0 atom stereocenters. The lowest BCUT2D eigenvalue weighted by Gasteiger charge is -2.10. The Hall–Kier alpha value is -2.87. The van der Waals surface area contributed by atoms with Crippen LogP contribution in [0.25, 0.3) is 5.95 Å². The number of thioether (sulfide) groups is 1. The lowest BCUT2D eigenvalue weighted by Crippen LogP contribution is -2.20. The fraction of sp³-hybridized carbons (Fsp3) is 0.364. The topological polar surface area (TPSA) is 92.7 Å². The maximum absolute atomic E-state index is 12.6. The highest BCUT2D eigenvalue weighted by atomic mass is 32.2. The van der Waals surface area contributed by atoms with Gasteiger partial charge in [-0.3, -0.25) is 14.6 Å². The van der Waals surface area contributed by atoms with Gasteiger partial charge in [0.05, 0.1) is 17.1 Å². The lowest BCUT2D eigenvalue weighted by atomic mass is 10.1. The number of rotatable bonds is 8. The zero-order chi connectivity index (χ0) is 21.1. The number of nitrogens with zero attached hydrogens (tertiary/aromatic N) is 3. The van der Waals surface area contributed by atoms with Gasteiger partial charge >= 0.3 is 0 Å². The molecule has 1 aromatic carbocycles. The normalized spacial score (nSPS) is 13.6. The Kier molecular flexibility index (Phi) is 6.03. The van der Waals surface area contributed by atoms with Gasteiger partial charge in [-0.2, -0.15) is 9.78 Å². The molecule has 156 valence electrons. The molecule has 3 aromatic rings. The molecule has 0 unspecified atom stereocenters. The third-order valence-electron chi connectivity index (χ3n) is 4.88. The molecule has 0 saturated heterocycles. The van der Waals surface area contributed by atoms with Crippen molar-refractivity contribution in [3.63, 3.8) is 0 Å². The number of hydrogen-bond acceptors (Lipinski definition) is 5. The summed E-state index contributed by atoms with van der Waals surface area (Å²) in [4.78, 5) is 32.0. The summed E-state index contributed by atoms with van der Waals surface area (Å²) in [6.45, 7) is 3.97. The molecule has 1 aliphatic carbocycles. The Bertz CT molecular complexity index is 1090. The summed E-state index contributed by atoms with van der Waals surface area (Å²) in [6, 6.07) is 13.4. The van der Waals surface area contributed by atoms with Crippen LogP contribution in [0, 0.1) is 0 Å². The summed E-state index contributed by atoms with van der Waals surface area (Å²) in [5.41, 5.74) is 2.55. The van der Waals surface area contributed by atoms with Crippen molar-refractivity contribution in [2.75, 3.05) is 11.1 Å². The number of anilines is 1. The molecular formula is C22H25N5O2S. The fourth-order valence-corrected chi connectivity index (χ4v) is 3.89. The van der Waals surface area contributed by atoms with Gasteiger partial charge in [0.15, 0.2) is 0 Å². The van der Waals surface area contributed by atoms with E-state index in [1.54, 1.807) is 16.4 Å². The third-order valence-corrected chi connectivity index (χ3v) is 5.88. The monoisotopic (exact) mass is 423 g/mol. The summed E-state index contributed by atoms with van der Waals surface area (Å²) in [5.74, 6) is 2.37. The molecule has 1 aliphatic rings. The summed E-state index contributed by atoms with van der Waals surface area (Å²) in [5, 5.41) is 7.57. The van der Waals surface area contributed by atoms with Crippen molar-refractivity contribution in [3.8, 4) is 5.95 Å². The van der Waals surface area contributed by atoms with Gasteiger partial charge in [0.1, 0.15) is 5.82 Å². The van der Waals surface area contributed by atoms with Crippen LogP contribution in [-0.4, -0.2) is 31.4 Å². The van der Waals surface area contributed by atoms with Crippen molar-refractivity contribution in [3.05, 3.63) is 69.8 Å². The molecule has 30 heavy (non-hydrogen) atoms. The Labute approximate surface area is 179 Å². The van der Waals surface area contributed by atoms with Crippen LogP contribution in [0.5, 0.6) is 0 Å². The number of carbonyl (C=O) groups is 1. The van der Waals surface area contributed by atoms with E-state index >= 15 is 0 Å². The first kappa shape index (κ1) is 20.4. The fourth-order valence-electron chi connectivity index (χ4n) is 3.10. The van der Waals surface area contributed by atoms with Gasteiger partial charge in [-0.05, 0) is 24.3 Å². The average Bonchev–Trinajstić information content (AvgIpc) is 3.49. The van der Waals surface area contributed by atoms with E-state index in [2.05, 4.69) is 20.4 Å². The molecule has 2 N–H and O–H groups in total. The number of H-pyrrole nitrogens is 1. The van der Waals surface area contributed by atoms with Crippen LogP contribution < -0.4 is 10.9 Å². The van der Waals surface area contributed by atoms with Crippen LogP contribution >= 0.6 is 11.8 Å². The predicted octanol–water partition coefficient (Wildman–Crippen LogP) is 3.83. The molecule has 2 aromatic heterocycles. The highest BCUT2D eigenvalue weighted by molar-refractivity contribution is 7.99. The summed E-state index contributed by atoms with van der Waals surface area (Å²) in [6.07, 6.45) is 2.18. The zero-order valence-corrected chi connectivity index (χ0v) is 17.9. The summed E-state index contributed by atoms with van der Waals surface area (Å²) < 4.78 is 1.54. The number of nitrogens with one attached hydrogen (secondary N) is 2. The van der Waals surface area contributed by atoms with E-state index in [0.29, 0.717) is 29.1 Å². The second kappa shape index (κ2) is 8.87. The Balaban J connectivity index is 1.51. The maximum atomic E-state index is 12.6. The van der Waals surface area contributed by atoms with Gasteiger partial charge < -0.3 is 5.32 Å². The van der Waals surface area contributed by atoms with E-state index in [0.717, 1.165) is 24.3 Å². The minimum atomic E-state index is -0.233. The van der Waals surface area contributed by atoms with Crippen molar-refractivity contribution >= 4 is 23.5 Å². The second-order valence-electron chi connectivity index (χ2n) is 7.82. The van der Waals surface area contributed by atoms with Gasteiger partial charge in [-0.1, -0.05) is 44.2 Å². The quantitative estimate of drug-likeness (QED) is 0.574. The molecule has 1 saturated carbocycles. The molecule has 0 spiro atoms. The minimum absolute atomic E-state index is 0.108. The van der Waals surface area contributed by atoms with E-state index < -0.39 is 0 Å². The molecule has 0 aliphatic heterocycles. The standard InChI is InChI=1S/C22H25N5O2S/c1-14(2)17-11-20(28)25-22(23-17)27-19(10-18(26-27)16-8-9-16)24-21(29)13-30-12-15-6-4-3-5-7-15/h3-7,10-11,14,16H,8-9,12-13H2,1-2H3,(H,24,29)(H,23,25,28). The van der Waals surface area contributed by atoms with Crippen LogP contribution in [0.1, 0.15) is 55.5 Å². The predicted molar refractivity (Wildman–Crippen MR) is 119 cm³/mol. The second-order valence-corrected chi connectivity index (χ2v) is 8.80. The molecule has 0 bridgehead atoms. The molecule has 7 nitrogen and oxygen atoms in total. The molecule has 1 fully saturated rings. The van der Waals surface area contributed by atoms with Crippen LogP contribution in [0.3, 0.4) is 0 Å². The summed E-state index contributed by atoms with van der Waals surface area (Å²) >= 11 is 1.55. The van der Waals surface area contributed by atoms with Crippen molar-refractivity contribution in [2.24, 2.45) is 0 Å². The van der Waals surface area contributed by atoms with Crippen LogP contribution in [0.15, 0.2) is 47.3 Å². The third kappa shape index (κ3) is 4.99. The molecule has 8 heteroatoms. The summed E-state index contributed by atoms with van der Waals surface area (Å²) in [7, 11) is 0. The number of aromatic nitrogens is 4. The van der Waals surface area contributed by atoms with Crippen molar-refractivity contribution in [1.82, 2.24) is 19.7 Å². The Morgan fingerprint density at radius 2 is 2.03 bits per heavy atom. The van der Waals surface area contributed by atoms with Gasteiger partial charge in [-0.25, -0.2) is 4.98 Å². The zero-order valence-electron chi connectivity index (χ0n) is 17.1. The molecular weight excluding hydrogens is 398 g/mol. The minimum Gasteiger partial charge on any atom is -0.310 e. The van der Waals surface area contributed by atoms with Crippen LogP contribution in [0.4, 0.5) is 5.82 Å². The first-order valence-corrected chi connectivity index (χ1v) is 11.3. The van der Waals surface area contributed by atoms with E-state index in [4.69, 9.17) is 0 Å². The Morgan fingerprint density at radius 3 is 2.73 bits per heavy atom. The van der Waals surface area contributed by atoms with Gasteiger partial charge in [0.25, 0.3) is 5.56 Å². The number of benzene rings is 1. The largest absolute Gasteiger partial charge is 0.310 e. The number of aromatic amines is 1. The molecule has 0 radical (unpaired) electrons. The smallest absolute Gasteiger partial charge is 0.252 e. The van der Waals surface area contributed by atoms with Gasteiger partial charge in [0.2, 0.25) is 11.9 Å². The Morgan fingerprint density at radius 1 is 1.27 bits per heavy atom. The average molecular weight is 424 g/mol. The van der Waals surface area contributed by atoms with E-state index in [1.807, 2.05) is 50.2 Å². The van der Waals surface area contributed by atoms with Crippen LogP contribution in [-0.2, 0) is 10.5 Å². The van der Waals surface area contributed by atoms with Crippen LogP contribution in [0.2, 0.25) is 0 Å². The van der Waals surface area contributed by atoms with Gasteiger partial charge in [-0.15, -0.1) is 11.8 Å². The lowest BCUT2D eigenvalue weighted by molar-refractivity contribution is -0.113. The maximum Gasteiger partial charge on any atom is 0.252 e. The molecule has 2 heterocycles. The van der Waals surface area contributed by atoms with E-state index in [-0.39, 0.29) is 17.4 Å². The first-order valence-electron chi connectivity index (χ1n) is 10.1. The van der Waals surface area contributed by atoms with Crippen molar-refractivity contribution < 1.29 is 4.79 Å². The molecule has 4 rings (SSSR count). The SMILES string of the molecule is CC(C)c1cc(=O)[nH]c(-n2nc(C3CC3)cc2NC(=O)CSCc2ccccc2)n1. The highest BCUT2D eigenvalue weighted by Gasteiger charge is 2.28. The van der Waals surface area contributed by atoms with E-state index in [1.165, 1.54) is 11.6 Å². The molecule has 1 amide bonds. The van der Waals surface area contributed by atoms with E-state index in [9.17, 15) is 9.59 Å². The van der Waals surface area contributed by atoms with Crippen molar-refractivity contribution in [2.45, 2.75) is 44.3 Å². The first-order chi connectivity index (χ1) is 14.5. The number of amides is 1. The number of carbonyl (C=O) groups excluding carboxylic acids is 1. The highest BCUT2D eigenvalue weighted by Crippen LogP contribution is 2.40. The number of hydrogen-bond donors (Lipinski definition) is 2.